The van der Waals surface area contributed by atoms with E-state index in [1.54, 1.807) is 0 Å². The van der Waals surface area contributed by atoms with Crippen LogP contribution in [-0.2, 0) is 9.53 Å². The van der Waals surface area contributed by atoms with Gasteiger partial charge >= 0.3 is 0 Å². The highest BCUT2D eigenvalue weighted by molar-refractivity contribution is 5.87. The summed E-state index contributed by atoms with van der Waals surface area (Å²) in [5, 5.41) is 3.71. The molecular weight excluding hydrogens is 300 g/mol. The molecule has 0 saturated carbocycles. The molecule has 0 radical (unpaired) electrons. The third-order valence-corrected chi connectivity index (χ3v) is 5.54. The number of hydrogen-bond donors (Lipinski definition) is 1. The van der Waals surface area contributed by atoms with Crippen molar-refractivity contribution < 1.29 is 9.53 Å². The first-order valence-electron chi connectivity index (χ1n) is 9.81. The second kappa shape index (κ2) is 6.60. The molecule has 140 valence electrons. The second-order valence-corrected chi connectivity index (χ2v) is 9.39. The van der Waals surface area contributed by atoms with Gasteiger partial charge in [-0.15, -0.1) is 0 Å². The van der Waals surface area contributed by atoms with Crippen molar-refractivity contribution in [3.8, 4) is 0 Å². The molecule has 0 aromatic heterocycles. The monoisotopic (exact) mass is 338 g/mol. The molecule has 0 aliphatic carbocycles. The number of amides is 1. The summed E-state index contributed by atoms with van der Waals surface area (Å²) in [6.07, 6.45) is 7.20. The van der Waals surface area contributed by atoms with Crippen molar-refractivity contribution in [2.24, 2.45) is 0 Å². The van der Waals surface area contributed by atoms with Gasteiger partial charge in [-0.3, -0.25) is 4.79 Å². The minimum atomic E-state index is -0.659. The maximum Gasteiger partial charge on any atom is 0.256 e. The largest absolute Gasteiger partial charge is 0.339 e. The van der Waals surface area contributed by atoms with Crippen LogP contribution < -0.4 is 5.32 Å². The van der Waals surface area contributed by atoms with E-state index in [0.29, 0.717) is 0 Å². The summed E-state index contributed by atoms with van der Waals surface area (Å²) in [5.41, 5.74) is -1.23. The molecule has 2 aliphatic rings. The minimum Gasteiger partial charge on any atom is -0.339 e. The summed E-state index contributed by atoms with van der Waals surface area (Å²) in [6, 6.07) is 0. The van der Waals surface area contributed by atoms with Crippen molar-refractivity contribution in [1.82, 2.24) is 10.2 Å². The molecule has 2 heterocycles. The maximum absolute atomic E-state index is 13.2. The topological polar surface area (TPSA) is 41.6 Å². The van der Waals surface area contributed by atoms with Crippen LogP contribution in [0, 0.1) is 0 Å². The van der Waals surface area contributed by atoms with Gasteiger partial charge in [0, 0.05) is 30.5 Å². The van der Waals surface area contributed by atoms with Crippen LogP contribution in [0.3, 0.4) is 0 Å². The van der Waals surface area contributed by atoms with E-state index < -0.39 is 11.3 Å². The average molecular weight is 339 g/mol. The molecule has 2 rings (SSSR count). The molecule has 1 amide bonds. The fourth-order valence-electron chi connectivity index (χ4n) is 5.18. The normalized spacial score (nSPS) is 31.0. The molecule has 24 heavy (non-hydrogen) atoms. The summed E-state index contributed by atoms with van der Waals surface area (Å²) in [4.78, 5) is 15.2. The Hall–Kier alpha value is -0.610. The molecule has 1 spiro atoms. The number of carbonyl (C=O) groups is 1. The van der Waals surface area contributed by atoms with Crippen molar-refractivity contribution in [2.75, 3.05) is 6.54 Å². The quantitative estimate of drug-likeness (QED) is 0.737. The summed E-state index contributed by atoms with van der Waals surface area (Å²) in [6.45, 7) is 15.9. The van der Waals surface area contributed by atoms with Gasteiger partial charge in [-0.05, 0) is 48.0 Å². The molecule has 2 aliphatic heterocycles. The first-order valence-corrected chi connectivity index (χ1v) is 9.81. The van der Waals surface area contributed by atoms with Crippen LogP contribution >= 0.6 is 0 Å². The highest BCUT2D eigenvalue weighted by Crippen LogP contribution is 2.49. The molecule has 1 atom stereocenters. The van der Waals surface area contributed by atoms with Crippen molar-refractivity contribution in [1.29, 1.82) is 0 Å². The molecule has 4 nitrogen and oxygen atoms in total. The van der Waals surface area contributed by atoms with E-state index in [-0.39, 0.29) is 17.0 Å². The molecule has 1 N–H and O–H groups in total. The van der Waals surface area contributed by atoms with Crippen LogP contribution in [0.4, 0.5) is 0 Å². The van der Waals surface area contributed by atoms with Crippen molar-refractivity contribution >= 4 is 5.91 Å². The highest BCUT2D eigenvalue weighted by Gasteiger charge is 2.62. The van der Waals surface area contributed by atoms with E-state index in [2.05, 4.69) is 46.9 Å². The van der Waals surface area contributed by atoms with Gasteiger partial charge in [0.15, 0.2) is 0 Å². The van der Waals surface area contributed by atoms with E-state index in [9.17, 15) is 4.79 Å². The van der Waals surface area contributed by atoms with Gasteiger partial charge in [0.2, 0.25) is 0 Å². The van der Waals surface area contributed by atoms with Gasteiger partial charge in [0.05, 0.1) is 0 Å². The Morgan fingerprint density at radius 2 is 1.58 bits per heavy atom. The van der Waals surface area contributed by atoms with Crippen LogP contribution in [-0.4, -0.2) is 39.8 Å². The summed E-state index contributed by atoms with van der Waals surface area (Å²) >= 11 is 0. The second-order valence-electron chi connectivity index (χ2n) is 9.39. The zero-order valence-electron chi connectivity index (χ0n) is 16.9. The smallest absolute Gasteiger partial charge is 0.256 e. The SMILES string of the molecule is CCCCCCC1(C)OC2(CC(C)(C)NC(C)(C)C2)N(CC)C1=O. The Kier molecular flexibility index (Phi) is 5.42. The Labute approximate surface area is 148 Å². The number of carbonyl (C=O) groups excluding carboxylic acids is 1. The molecule has 0 bridgehead atoms. The number of nitrogens with zero attached hydrogens (tertiary/aromatic N) is 1. The minimum absolute atomic E-state index is 0.0527. The number of unbranched alkanes of at least 4 members (excludes halogenated alkanes) is 3. The van der Waals surface area contributed by atoms with Crippen molar-refractivity contribution in [3.63, 3.8) is 0 Å². The molecule has 0 aromatic rings. The third kappa shape index (κ3) is 3.80. The first-order chi connectivity index (χ1) is 11.0. The summed E-state index contributed by atoms with van der Waals surface area (Å²) in [5.74, 6) is 0.190. The lowest BCUT2D eigenvalue weighted by atomic mass is 9.76. The van der Waals surface area contributed by atoms with Gasteiger partial charge in [-0.1, -0.05) is 32.6 Å². The standard InChI is InChI=1S/C20H38N2O2/c1-8-10-11-12-13-19(7)16(23)22(9-2)20(24-19)14-17(3,4)21-18(5,6)15-20/h21H,8-15H2,1-7H3. The lowest BCUT2D eigenvalue weighted by molar-refractivity contribution is -0.181. The zero-order chi connectivity index (χ0) is 18.2. The van der Waals surface area contributed by atoms with E-state index in [0.717, 1.165) is 32.2 Å². The van der Waals surface area contributed by atoms with Gasteiger partial charge in [0.1, 0.15) is 11.3 Å². The molecule has 0 aromatic carbocycles. The van der Waals surface area contributed by atoms with E-state index in [1.165, 1.54) is 19.3 Å². The van der Waals surface area contributed by atoms with Crippen molar-refractivity contribution in [2.45, 2.75) is 116 Å². The van der Waals surface area contributed by atoms with Crippen LogP contribution in [0.2, 0.25) is 0 Å². The molecule has 1 unspecified atom stereocenters. The van der Waals surface area contributed by atoms with Crippen LogP contribution in [0.5, 0.6) is 0 Å². The van der Waals surface area contributed by atoms with Crippen LogP contribution in [0.25, 0.3) is 0 Å². The summed E-state index contributed by atoms with van der Waals surface area (Å²) in [7, 11) is 0. The fraction of sp³-hybridized carbons (Fsp3) is 0.950. The lowest BCUT2D eigenvalue weighted by Gasteiger charge is -2.53. The molecule has 4 heteroatoms. The molecular formula is C20H38N2O2. The third-order valence-electron chi connectivity index (χ3n) is 5.54. The van der Waals surface area contributed by atoms with E-state index in [4.69, 9.17) is 4.74 Å². The number of nitrogens with one attached hydrogen (secondary N) is 1. The van der Waals surface area contributed by atoms with E-state index >= 15 is 0 Å². The highest BCUT2D eigenvalue weighted by atomic mass is 16.6. The van der Waals surface area contributed by atoms with Crippen molar-refractivity contribution in [3.05, 3.63) is 0 Å². The number of likely N-dealkylation sites (N-methyl/N-ethyl adjacent to an activating group) is 1. The predicted molar refractivity (Wildman–Crippen MR) is 98.9 cm³/mol. The maximum atomic E-state index is 13.2. The number of piperidine rings is 1. The summed E-state index contributed by atoms with van der Waals surface area (Å²) < 4.78 is 6.68. The fourth-order valence-corrected chi connectivity index (χ4v) is 5.18. The number of hydrogen-bond acceptors (Lipinski definition) is 3. The van der Waals surface area contributed by atoms with Gasteiger partial charge in [-0.2, -0.15) is 0 Å². The van der Waals surface area contributed by atoms with E-state index in [1.807, 2.05) is 11.8 Å². The number of ether oxygens (including phenoxy) is 1. The Balaban J connectivity index is 2.25. The predicted octanol–water partition coefficient (Wildman–Crippen LogP) is 4.23. The van der Waals surface area contributed by atoms with Gasteiger partial charge in [0.25, 0.3) is 5.91 Å². The molecule has 2 saturated heterocycles. The molecule has 2 fully saturated rings. The Morgan fingerprint density at radius 3 is 2.08 bits per heavy atom. The Morgan fingerprint density at radius 1 is 1.00 bits per heavy atom. The average Bonchev–Trinajstić information content (AvgIpc) is 2.58. The zero-order valence-corrected chi connectivity index (χ0v) is 16.9. The lowest BCUT2D eigenvalue weighted by Crippen LogP contribution is -2.67. The van der Waals surface area contributed by atoms with Gasteiger partial charge in [-0.25, -0.2) is 0 Å². The first kappa shape index (κ1) is 19.7. The Bertz CT molecular complexity index is 456. The van der Waals surface area contributed by atoms with Crippen LogP contribution in [0.15, 0.2) is 0 Å². The van der Waals surface area contributed by atoms with Gasteiger partial charge < -0.3 is 15.0 Å². The number of rotatable bonds is 6. The van der Waals surface area contributed by atoms with Crippen LogP contribution in [0.1, 0.15) is 93.4 Å².